The molecule has 1 unspecified atom stereocenters. The standard InChI is InChI=1S/C19H19NO6/c21-11-1-2-15(12-22)20-18(24)13-5-9-17(10-6-13)26-19(25)14-3-7-16(23)8-4-14/h3-9,11-12,15,17,23H,1-2,10H2,(H,20,24)/t15-,17?/m0/s1. The van der Waals surface area contributed by atoms with Crippen molar-refractivity contribution in [2.75, 3.05) is 0 Å². The zero-order valence-corrected chi connectivity index (χ0v) is 14.0. The summed E-state index contributed by atoms with van der Waals surface area (Å²) in [5, 5.41) is 11.8. The topological polar surface area (TPSA) is 110 Å². The van der Waals surface area contributed by atoms with E-state index < -0.39 is 24.0 Å². The predicted molar refractivity (Wildman–Crippen MR) is 92.4 cm³/mol. The van der Waals surface area contributed by atoms with Gasteiger partial charge in [-0.15, -0.1) is 0 Å². The SMILES string of the molecule is O=CCC[C@@H](C=O)NC(=O)C1=CCC(OC(=O)c2ccc(O)cc2)C=C1. The highest BCUT2D eigenvalue weighted by Gasteiger charge is 2.19. The first-order valence-corrected chi connectivity index (χ1v) is 8.11. The maximum absolute atomic E-state index is 12.1. The molecule has 7 heteroatoms. The lowest BCUT2D eigenvalue weighted by molar-refractivity contribution is -0.121. The monoisotopic (exact) mass is 357 g/mol. The molecule has 0 heterocycles. The fourth-order valence-electron chi connectivity index (χ4n) is 2.33. The van der Waals surface area contributed by atoms with Crippen LogP contribution in [0.25, 0.3) is 0 Å². The van der Waals surface area contributed by atoms with Gasteiger partial charge in [0.25, 0.3) is 5.91 Å². The van der Waals surface area contributed by atoms with Crippen molar-refractivity contribution in [3.05, 3.63) is 53.6 Å². The molecule has 26 heavy (non-hydrogen) atoms. The number of ether oxygens (including phenoxy) is 1. The van der Waals surface area contributed by atoms with Crippen LogP contribution >= 0.6 is 0 Å². The van der Waals surface area contributed by atoms with E-state index in [1.165, 1.54) is 30.3 Å². The Morgan fingerprint density at radius 2 is 2.00 bits per heavy atom. The molecule has 0 fully saturated rings. The Morgan fingerprint density at radius 1 is 1.27 bits per heavy atom. The van der Waals surface area contributed by atoms with Crippen LogP contribution in [0.15, 0.2) is 48.1 Å². The average Bonchev–Trinajstić information content (AvgIpc) is 2.66. The van der Waals surface area contributed by atoms with Crippen LogP contribution in [0.4, 0.5) is 0 Å². The molecule has 1 amide bonds. The van der Waals surface area contributed by atoms with Crippen molar-refractivity contribution in [3.63, 3.8) is 0 Å². The van der Waals surface area contributed by atoms with Crippen molar-refractivity contribution < 1.29 is 29.0 Å². The molecule has 2 rings (SSSR count). The molecule has 0 spiro atoms. The summed E-state index contributed by atoms with van der Waals surface area (Å²) in [4.78, 5) is 45.4. The molecule has 1 aromatic rings. The minimum atomic E-state index is -0.716. The third-order valence-electron chi connectivity index (χ3n) is 3.76. The molecular formula is C19H19NO6. The third kappa shape index (κ3) is 5.41. The molecule has 1 aliphatic rings. The Bertz CT molecular complexity index is 735. The first-order valence-electron chi connectivity index (χ1n) is 8.11. The van der Waals surface area contributed by atoms with Crippen LogP contribution in [-0.4, -0.2) is 41.7 Å². The van der Waals surface area contributed by atoms with Gasteiger partial charge in [-0.05, 0) is 36.8 Å². The Kier molecular flexibility index (Phi) is 6.84. The quantitative estimate of drug-likeness (QED) is 0.538. The number of esters is 1. The van der Waals surface area contributed by atoms with E-state index in [1.54, 1.807) is 12.2 Å². The van der Waals surface area contributed by atoms with Crippen LogP contribution < -0.4 is 5.32 Å². The molecule has 2 atom stereocenters. The Hall–Kier alpha value is -3.22. The zero-order chi connectivity index (χ0) is 18.9. The van der Waals surface area contributed by atoms with E-state index >= 15 is 0 Å². The van der Waals surface area contributed by atoms with Gasteiger partial charge in [0.05, 0.1) is 11.6 Å². The highest BCUT2D eigenvalue weighted by molar-refractivity contribution is 5.97. The molecule has 0 aliphatic heterocycles. The van der Waals surface area contributed by atoms with Gasteiger partial charge in [-0.2, -0.15) is 0 Å². The molecule has 0 aromatic heterocycles. The van der Waals surface area contributed by atoms with Crippen LogP contribution in [0.5, 0.6) is 5.75 Å². The highest BCUT2D eigenvalue weighted by atomic mass is 16.5. The minimum absolute atomic E-state index is 0.0551. The normalized spacial score (nSPS) is 16.9. The number of carbonyl (C=O) groups excluding carboxylic acids is 4. The number of hydrogen-bond acceptors (Lipinski definition) is 6. The Labute approximate surface area is 150 Å². The van der Waals surface area contributed by atoms with Gasteiger partial charge in [-0.25, -0.2) is 4.79 Å². The van der Waals surface area contributed by atoms with Gasteiger partial charge in [-0.3, -0.25) is 4.79 Å². The summed E-state index contributed by atoms with van der Waals surface area (Å²) in [6, 6.07) is 4.98. The van der Waals surface area contributed by atoms with Gasteiger partial charge in [0.2, 0.25) is 0 Å². The number of hydrogen-bond donors (Lipinski definition) is 2. The maximum atomic E-state index is 12.1. The number of nitrogens with one attached hydrogen (secondary N) is 1. The van der Waals surface area contributed by atoms with Crippen molar-refractivity contribution in [2.24, 2.45) is 0 Å². The smallest absolute Gasteiger partial charge is 0.338 e. The predicted octanol–water partition coefficient (Wildman–Crippen LogP) is 1.47. The number of aromatic hydroxyl groups is 1. The molecule has 136 valence electrons. The van der Waals surface area contributed by atoms with Crippen LogP contribution in [0.2, 0.25) is 0 Å². The van der Waals surface area contributed by atoms with Crippen molar-refractivity contribution in [1.82, 2.24) is 5.32 Å². The Morgan fingerprint density at radius 3 is 2.58 bits per heavy atom. The van der Waals surface area contributed by atoms with Gasteiger partial charge in [0.1, 0.15) is 24.4 Å². The first-order chi connectivity index (χ1) is 12.5. The summed E-state index contributed by atoms with van der Waals surface area (Å²) in [5.41, 5.74) is 0.674. The second-order valence-corrected chi connectivity index (χ2v) is 5.70. The largest absolute Gasteiger partial charge is 0.508 e. The molecule has 0 saturated carbocycles. The molecule has 0 radical (unpaired) electrons. The van der Waals surface area contributed by atoms with Crippen molar-refractivity contribution in [1.29, 1.82) is 0 Å². The lowest BCUT2D eigenvalue weighted by Crippen LogP contribution is -2.37. The van der Waals surface area contributed by atoms with Crippen LogP contribution in [0, 0.1) is 0 Å². The highest BCUT2D eigenvalue weighted by Crippen LogP contribution is 2.17. The minimum Gasteiger partial charge on any atom is -0.508 e. The zero-order valence-electron chi connectivity index (χ0n) is 14.0. The maximum Gasteiger partial charge on any atom is 0.338 e. The van der Waals surface area contributed by atoms with Gasteiger partial charge >= 0.3 is 5.97 Å². The second kappa shape index (κ2) is 9.31. The lowest BCUT2D eigenvalue weighted by Gasteiger charge is -2.18. The number of benzene rings is 1. The summed E-state index contributed by atoms with van der Waals surface area (Å²) in [5.74, 6) is -0.900. The van der Waals surface area contributed by atoms with Gasteiger partial charge in [0, 0.05) is 18.4 Å². The number of amides is 1. The molecule has 1 aliphatic carbocycles. The number of aldehydes is 2. The Balaban J connectivity index is 1.87. The second-order valence-electron chi connectivity index (χ2n) is 5.70. The van der Waals surface area contributed by atoms with Crippen molar-refractivity contribution in [3.8, 4) is 5.75 Å². The molecule has 1 aromatic carbocycles. The van der Waals surface area contributed by atoms with Crippen molar-refractivity contribution >= 4 is 24.4 Å². The molecule has 0 saturated heterocycles. The van der Waals surface area contributed by atoms with E-state index in [2.05, 4.69) is 5.32 Å². The van der Waals surface area contributed by atoms with E-state index in [4.69, 9.17) is 4.74 Å². The summed E-state index contributed by atoms with van der Waals surface area (Å²) in [6.07, 6.45) is 6.27. The van der Waals surface area contributed by atoms with Crippen LogP contribution in [0.3, 0.4) is 0 Å². The van der Waals surface area contributed by atoms with E-state index in [-0.39, 0.29) is 18.6 Å². The molecule has 0 bridgehead atoms. The third-order valence-corrected chi connectivity index (χ3v) is 3.76. The van der Waals surface area contributed by atoms with Crippen LogP contribution in [0.1, 0.15) is 29.6 Å². The summed E-state index contributed by atoms with van der Waals surface area (Å²) in [7, 11) is 0. The summed E-state index contributed by atoms with van der Waals surface area (Å²) >= 11 is 0. The molecule has 7 nitrogen and oxygen atoms in total. The number of carbonyl (C=O) groups is 4. The number of phenols is 1. The van der Waals surface area contributed by atoms with E-state index in [0.29, 0.717) is 30.1 Å². The van der Waals surface area contributed by atoms with Gasteiger partial charge < -0.3 is 24.7 Å². The van der Waals surface area contributed by atoms with E-state index in [1.807, 2.05) is 0 Å². The van der Waals surface area contributed by atoms with Gasteiger partial charge in [-0.1, -0.05) is 12.2 Å². The van der Waals surface area contributed by atoms with E-state index in [0.717, 1.165) is 0 Å². The first kappa shape index (κ1) is 19.1. The lowest BCUT2D eigenvalue weighted by atomic mass is 10.0. The molecular weight excluding hydrogens is 338 g/mol. The van der Waals surface area contributed by atoms with Crippen molar-refractivity contribution in [2.45, 2.75) is 31.4 Å². The fraction of sp³-hybridized carbons (Fsp3) is 0.263. The summed E-state index contributed by atoms with van der Waals surface area (Å²) in [6.45, 7) is 0. The summed E-state index contributed by atoms with van der Waals surface area (Å²) < 4.78 is 5.32. The molecule has 2 N–H and O–H groups in total. The van der Waals surface area contributed by atoms with Crippen LogP contribution in [-0.2, 0) is 19.1 Å². The number of rotatable bonds is 8. The average molecular weight is 357 g/mol. The fourth-order valence-corrected chi connectivity index (χ4v) is 2.33. The van der Waals surface area contributed by atoms with Gasteiger partial charge in [0.15, 0.2) is 0 Å². The number of phenolic OH excluding ortho intramolecular Hbond substituents is 1. The van der Waals surface area contributed by atoms with E-state index in [9.17, 15) is 24.3 Å².